The minimum Gasteiger partial charge on any atom is -0.348 e. The van der Waals surface area contributed by atoms with Crippen molar-refractivity contribution in [3.05, 3.63) is 94.2 Å². The molecule has 0 fully saturated rings. The Hall–Kier alpha value is -2.53. The quantitative estimate of drug-likeness (QED) is 0.675. The molecule has 0 aliphatic carbocycles. The monoisotopic (exact) mass is 409 g/mol. The summed E-state index contributed by atoms with van der Waals surface area (Å²) in [6, 6.07) is 22.2. The molecule has 0 unspecified atom stereocenters. The van der Waals surface area contributed by atoms with Gasteiger partial charge < -0.3 is 14.8 Å². The zero-order valence-corrected chi connectivity index (χ0v) is 15.9. The van der Waals surface area contributed by atoms with Gasteiger partial charge in [0.05, 0.1) is 6.04 Å². The Morgan fingerprint density at radius 1 is 1.00 bits per heavy atom. The van der Waals surface area contributed by atoms with Gasteiger partial charge in [-0.05, 0) is 35.4 Å². The number of rotatable bonds is 3. The molecule has 1 aromatic heterocycles. The molecular weight excluding hydrogens is 390 g/mol. The van der Waals surface area contributed by atoms with Gasteiger partial charge in [0.15, 0.2) is 0 Å². The lowest BCUT2D eigenvalue weighted by molar-refractivity contribution is 0.168. The van der Waals surface area contributed by atoms with Crippen molar-refractivity contribution >= 4 is 22.0 Å². The minimum absolute atomic E-state index is 0.0331. The SMILES string of the molecule is O=C(NCc1ccccc1)N1CCn2cccc2[C@@H]1c1ccc(Br)cc1. The number of hydrogen-bond donors (Lipinski definition) is 1. The van der Waals surface area contributed by atoms with Crippen molar-refractivity contribution in [3.8, 4) is 0 Å². The number of hydrogen-bond acceptors (Lipinski definition) is 1. The van der Waals surface area contributed by atoms with Crippen molar-refractivity contribution in [2.75, 3.05) is 6.54 Å². The maximum absolute atomic E-state index is 13.0. The maximum Gasteiger partial charge on any atom is 0.318 e. The Bertz CT molecular complexity index is 889. The topological polar surface area (TPSA) is 37.3 Å². The van der Waals surface area contributed by atoms with E-state index in [-0.39, 0.29) is 12.1 Å². The van der Waals surface area contributed by atoms with Gasteiger partial charge in [0.25, 0.3) is 0 Å². The van der Waals surface area contributed by atoms with E-state index in [1.165, 1.54) is 0 Å². The first-order valence-electron chi connectivity index (χ1n) is 8.71. The van der Waals surface area contributed by atoms with E-state index >= 15 is 0 Å². The highest BCUT2D eigenvalue weighted by Crippen LogP contribution is 2.33. The van der Waals surface area contributed by atoms with Gasteiger partial charge >= 0.3 is 6.03 Å². The Labute approximate surface area is 161 Å². The largest absolute Gasteiger partial charge is 0.348 e. The summed E-state index contributed by atoms with van der Waals surface area (Å²) >= 11 is 3.49. The van der Waals surface area contributed by atoms with Gasteiger partial charge in [0.2, 0.25) is 0 Å². The molecule has 2 amide bonds. The number of fused-ring (bicyclic) bond motifs is 1. The average Bonchev–Trinajstić information content (AvgIpc) is 3.16. The van der Waals surface area contributed by atoms with E-state index in [0.29, 0.717) is 13.1 Å². The molecular formula is C21H20BrN3O. The van der Waals surface area contributed by atoms with Gasteiger partial charge in [-0.25, -0.2) is 4.79 Å². The number of amides is 2. The summed E-state index contributed by atoms with van der Waals surface area (Å²) in [6.45, 7) is 2.03. The molecule has 0 radical (unpaired) electrons. The molecule has 26 heavy (non-hydrogen) atoms. The van der Waals surface area contributed by atoms with E-state index in [9.17, 15) is 4.79 Å². The molecule has 5 heteroatoms. The Morgan fingerprint density at radius 2 is 1.77 bits per heavy atom. The molecule has 0 saturated carbocycles. The fourth-order valence-corrected chi connectivity index (χ4v) is 3.74. The number of nitrogens with one attached hydrogen (secondary N) is 1. The van der Waals surface area contributed by atoms with Crippen LogP contribution in [-0.4, -0.2) is 22.0 Å². The van der Waals surface area contributed by atoms with Gasteiger partial charge in [-0.1, -0.05) is 58.4 Å². The molecule has 4 nitrogen and oxygen atoms in total. The molecule has 2 aromatic carbocycles. The third-order valence-electron chi connectivity index (χ3n) is 4.77. The number of urea groups is 1. The van der Waals surface area contributed by atoms with Crippen molar-refractivity contribution < 1.29 is 4.79 Å². The van der Waals surface area contributed by atoms with E-state index < -0.39 is 0 Å². The van der Waals surface area contributed by atoms with Gasteiger partial charge in [-0.3, -0.25) is 0 Å². The van der Waals surface area contributed by atoms with Crippen LogP contribution in [0.25, 0.3) is 0 Å². The predicted octanol–water partition coefficient (Wildman–Crippen LogP) is 4.57. The van der Waals surface area contributed by atoms with Crippen LogP contribution in [0.2, 0.25) is 0 Å². The molecule has 4 rings (SSSR count). The summed E-state index contributed by atoms with van der Waals surface area (Å²) in [5.74, 6) is 0. The number of nitrogens with zero attached hydrogens (tertiary/aromatic N) is 2. The van der Waals surface area contributed by atoms with Crippen molar-refractivity contribution in [2.24, 2.45) is 0 Å². The third-order valence-corrected chi connectivity index (χ3v) is 5.30. The van der Waals surface area contributed by atoms with Crippen LogP contribution in [0.3, 0.4) is 0 Å². The molecule has 132 valence electrons. The molecule has 1 N–H and O–H groups in total. The molecule has 3 aromatic rings. The molecule has 1 atom stereocenters. The van der Waals surface area contributed by atoms with Crippen LogP contribution in [-0.2, 0) is 13.1 Å². The van der Waals surface area contributed by atoms with E-state index in [2.05, 4.69) is 50.2 Å². The molecule has 0 spiro atoms. The van der Waals surface area contributed by atoms with Gasteiger partial charge in [-0.2, -0.15) is 0 Å². The van der Waals surface area contributed by atoms with Crippen LogP contribution in [0.5, 0.6) is 0 Å². The number of carbonyl (C=O) groups excluding carboxylic acids is 1. The lowest BCUT2D eigenvalue weighted by Crippen LogP contribution is -2.47. The number of halogens is 1. The Kier molecular flexibility index (Phi) is 4.80. The highest BCUT2D eigenvalue weighted by atomic mass is 79.9. The highest BCUT2D eigenvalue weighted by molar-refractivity contribution is 9.10. The summed E-state index contributed by atoms with van der Waals surface area (Å²) < 4.78 is 3.26. The molecule has 2 heterocycles. The number of aromatic nitrogens is 1. The van der Waals surface area contributed by atoms with E-state index in [4.69, 9.17) is 0 Å². The average molecular weight is 410 g/mol. The van der Waals surface area contributed by atoms with Crippen LogP contribution >= 0.6 is 15.9 Å². The van der Waals surface area contributed by atoms with Crippen molar-refractivity contribution in [1.82, 2.24) is 14.8 Å². The molecule has 0 saturated heterocycles. The van der Waals surface area contributed by atoms with E-state index in [1.807, 2.05) is 53.4 Å². The molecule has 0 bridgehead atoms. The summed E-state index contributed by atoms with van der Waals surface area (Å²) in [5, 5.41) is 3.07. The number of carbonyl (C=O) groups is 1. The molecule has 1 aliphatic heterocycles. The fourth-order valence-electron chi connectivity index (χ4n) is 3.47. The predicted molar refractivity (Wildman–Crippen MR) is 106 cm³/mol. The van der Waals surface area contributed by atoms with Crippen molar-refractivity contribution in [2.45, 2.75) is 19.1 Å². The van der Waals surface area contributed by atoms with Gasteiger partial charge in [0.1, 0.15) is 0 Å². The first-order chi connectivity index (χ1) is 12.7. The van der Waals surface area contributed by atoms with Crippen LogP contribution in [0, 0.1) is 0 Å². The van der Waals surface area contributed by atoms with Crippen molar-refractivity contribution in [3.63, 3.8) is 0 Å². The van der Waals surface area contributed by atoms with Crippen molar-refractivity contribution in [1.29, 1.82) is 0 Å². The maximum atomic E-state index is 13.0. The first kappa shape index (κ1) is 16.9. The normalized spacial score (nSPS) is 16.2. The second-order valence-electron chi connectivity index (χ2n) is 6.42. The van der Waals surface area contributed by atoms with E-state index in [1.54, 1.807) is 0 Å². The number of benzene rings is 2. The highest BCUT2D eigenvalue weighted by Gasteiger charge is 2.31. The lowest BCUT2D eigenvalue weighted by atomic mass is 10.0. The first-order valence-corrected chi connectivity index (χ1v) is 9.50. The zero-order chi connectivity index (χ0) is 17.9. The standard InChI is InChI=1S/C21H20BrN3O/c22-18-10-8-17(9-11-18)20-19-7-4-12-24(19)13-14-25(20)21(26)23-15-16-5-2-1-3-6-16/h1-12,20H,13-15H2,(H,23,26)/t20-/m0/s1. The smallest absolute Gasteiger partial charge is 0.318 e. The fraction of sp³-hybridized carbons (Fsp3) is 0.190. The zero-order valence-electron chi connectivity index (χ0n) is 14.3. The second kappa shape index (κ2) is 7.38. The van der Waals surface area contributed by atoms with Crippen LogP contribution in [0.4, 0.5) is 4.79 Å². The van der Waals surface area contributed by atoms with Crippen LogP contribution < -0.4 is 5.32 Å². The summed E-state index contributed by atoms with van der Waals surface area (Å²) in [7, 11) is 0. The minimum atomic E-state index is -0.0809. The van der Waals surface area contributed by atoms with Crippen LogP contribution in [0.1, 0.15) is 22.9 Å². The van der Waals surface area contributed by atoms with Gasteiger partial charge in [-0.15, -0.1) is 0 Å². The second-order valence-corrected chi connectivity index (χ2v) is 7.33. The Morgan fingerprint density at radius 3 is 2.54 bits per heavy atom. The Balaban J connectivity index is 1.59. The van der Waals surface area contributed by atoms with E-state index in [0.717, 1.165) is 27.8 Å². The summed E-state index contributed by atoms with van der Waals surface area (Å²) in [6.07, 6.45) is 2.08. The molecule has 1 aliphatic rings. The summed E-state index contributed by atoms with van der Waals surface area (Å²) in [5.41, 5.74) is 3.36. The lowest BCUT2D eigenvalue weighted by Gasteiger charge is -2.37. The third kappa shape index (κ3) is 3.40. The van der Waals surface area contributed by atoms with Crippen LogP contribution in [0.15, 0.2) is 77.4 Å². The summed E-state index contributed by atoms with van der Waals surface area (Å²) in [4.78, 5) is 14.9. The van der Waals surface area contributed by atoms with Gasteiger partial charge in [0, 0.05) is 36.0 Å².